The molecule has 2 rings (SSSR count). The minimum Gasteiger partial charge on any atom is -0.505 e. The molecule has 1 aliphatic rings. The molecule has 1 heterocycles. The summed E-state index contributed by atoms with van der Waals surface area (Å²) in [6.45, 7) is 1.21. The van der Waals surface area contributed by atoms with Crippen LogP contribution in [0.25, 0.3) is 0 Å². The number of aromatic hydroxyl groups is 1. The van der Waals surface area contributed by atoms with E-state index in [-0.39, 0.29) is 42.4 Å². The lowest BCUT2D eigenvalue weighted by Crippen LogP contribution is -2.49. The smallest absolute Gasteiger partial charge is 0.408 e. The third-order valence-corrected chi connectivity index (χ3v) is 3.83. The van der Waals surface area contributed by atoms with Crippen LogP contribution < -0.4 is 5.32 Å². The molecule has 1 fully saturated rings. The van der Waals surface area contributed by atoms with Crippen molar-refractivity contribution < 1.29 is 22.7 Å². The number of rotatable bonds is 2. The van der Waals surface area contributed by atoms with E-state index in [1.807, 2.05) is 0 Å². The number of nitrogens with zero attached hydrogens (tertiary/aromatic N) is 1. The summed E-state index contributed by atoms with van der Waals surface area (Å²) in [5.74, 6) is -2.04. The summed E-state index contributed by atoms with van der Waals surface area (Å²) in [6, 6.07) is 0.265. The molecule has 0 unspecified atom stereocenters. The van der Waals surface area contributed by atoms with Crippen molar-refractivity contribution in [1.29, 1.82) is 0 Å². The highest BCUT2D eigenvalue weighted by Gasteiger charge is 2.46. The van der Waals surface area contributed by atoms with Crippen molar-refractivity contribution in [2.75, 3.05) is 26.2 Å². The fourth-order valence-electron chi connectivity index (χ4n) is 2.30. The van der Waals surface area contributed by atoms with Gasteiger partial charge < -0.3 is 10.4 Å². The zero-order valence-electron chi connectivity index (χ0n) is 11.2. The fourth-order valence-corrected chi connectivity index (χ4v) is 2.62. The van der Waals surface area contributed by atoms with Gasteiger partial charge in [0.1, 0.15) is 6.04 Å². The van der Waals surface area contributed by atoms with Gasteiger partial charge in [0.2, 0.25) is 0 Å². The molecule has 3 nitrogen and oxygen atoms in total. The lowest BCUT2D eigenvalue weighted by Gasteiger charge is -2.36. The summed E-state index contributed by atoms with van der Waals surface area (Å²) in [6.07, 6.45) is -4.59. The van der Waals surface area contributed by atoms with Crippen molar-refractivity contribution in [3.63, 3.8) is 0 Å². The average Bonchev–Trinajstić information content (AvgIpc) is 2.39. The highest BCUT2D eigenvalue weighted by molar-refractivity contribution is 9.10. The van der Waals surface area contributed by atoms with E-state index < -0.39 is 29.3 Å². The van der Waals surface area contributed by atoms with Crippen molar-refractivity contribution in [2.24, 2.45) is 0 Å². The standard InChI is InChI=1S/C12H13BrF4N2O.2ClH/c13-8-2-1-7(10(20)9(8)14)11(12(15,16)17)19-5-3-18-4-6-19;;/h1-2,11,18,20H,3-6H2;2*1H/t11-;;/m0../s1. The van der Waals surface area contributed by atoms with E-state index in [1.54, 1.807) is 0 Å². The molecule has 1 aromatic rings. The summed E-state index contributed by atoms with van der Waals surface area (Å²) in [4.78, 5) is 1.19. The van der Waals surface area contributed by atoms with Crippen molar-refractivity contribution in [2.45, 2.75) is 12.2 Å². The Hall–Kier alpha value is -0.280. The predicted octanol–water partition coefficient (Wildman–Crippen LogP) is 3.65. The molecule has 1 aromatic carbocycles. The van der Waals surface area contributed by atoms with E-state index in [0.29, 0.717) is 13.1 Å². The molecule has 0 amide bonds. The van der Waals surface area contributed by atoms with Crippen molar-refractivity contribution in [1.82, 2.24) is 10.2 Å². The number of alkyl halides is 3. The quantitative estimate of drug-likeness (QED) is 0.704. The van der Waals surface area contributed by atoms with Crippen LogP contribution in [0, 0.1) is 5.82 Å². The largest absolute Gasteiger partial charge is 0.505 e. The number of phenols is 1. The molecule has 0 bridgehead atoms. The van der Waals surface area contributed by atoms with E-state index >= 15 is 0 Å². The number of benzene rings is 1. The van der Waals surface area contributed by atoms with Crippen molar-refractivity contribution in [3.8, 4) is 5.75 Å². The van der Waals surface area contributed by atoms with Crippen LogP contribution in [0.1, 0.15) is 11.6 Å². The zero-order valence-corrected chi connectivity index (χ0v) is 14.4. The topological polar surface area (TPSA) is 35.5 Å². The molecule has 2 N–H and O–H groups in total. The Morgan fingerprint density at radius 2 is 1.73 bits per heavy atom. The second-order valence-electron chi connectivity index (χ2n) is 4.53. The van der Waals surface area contributed by atoms with Gasteiger partial charge in [-0.3, -0.25) is 4.90 Å². The summed E-state index contributed by atoms with van der Waals surface area (Å²) >= 11 is 2.84. The van der Waals surface area contributed by atoms with Gasteiger partial charge in [-0.25, -0.2) is 4.39 Å². The van der Waals surface area contributed by atoms with Gasteiger partial charge in [-0.05, 0) is 22.0 Å². The maximum absolute atomic E-state index is 13.6. The van der Waals surface area contributed by atoms with E-state index in [1.165, 1.54) is 11.0 Å². The Morgan fingerprint density at radius 3 is 2.23 bits per heavy atom. The maximum atomic E-state index is 13.6. The van der Waals surface area contributed by atoms with Gasteiger partial charge in [0, 0.05) is 31.7 Å². The third-order valence-electron chi connectivity index (χ3n) is 3.22. The van der Waals surface area contributed by atoms with Gasteiger partial charge in [0.05, 0.1) is 4.47 Å². The van der Waals surface area contributed by atoms with E-state index in [2.05, 4.69) is 21.2 Å². The molecule has 0 aliphatic carbocycles. The maximum Gasteiger partial charge on any atom is 0.408 e. The number of phenolic OH excluding ortho intramolecular Hbond substituents is 1. The van der Waals surface area contributed by atoms with Gasteiger partial charge >= 0.3 is 6.18 Å². The van der Waals surface area contributed by atoms with Gasteiger partial charge in [0.15, 0.2) is 11.6 Å². The first-order valence-corrected chi connectivity index (χ1v) is 6.80. The van der Waals surface area contributed by atoms with Gasteiger partial charge in [-0.15, -0.1) is 24.8 Å². The monoisotopic (exact) mass is 428 g/mol. The summed E-state index contributed by atoms with van der Waals surface area (Å²) in [7, 11) is 0. The zero-order chi connectivity index (χ0) is 14.9. The second-order valence-corrected chi connectivity index (χ2v) is 5.38. The Balaban J connectivity index is 0.00000220. The van der Waals surface area contributed by atoms with Crippen LogP contribution in [0.2, 0.25) is 0 Å². The second kappa shape index (κ2) is 8.54. The molecule has 0 saturated carbocycles. The van der Waals surface area contributed by atoms with E-state index in [4.69, 9.17) is 0 Å². The number of hydrogen-bond donors (Lipinski definition) is 2. The third kappa shape index (κ3) is 4.61. The van der Waals surface area contributed by atoms with Crippen LogP contribution in [0.3, 0.4) is 0 Å². The Labute approximate surface area is 146 Å². The Bertz CT molecular complexity index is 499. The Kier molecular flexibility index (Phi) is 8.43. The molecule has 1 saturated heterocycles. The average molecular weight is 430 g/mol. The number of hydrogen-bond acceptors (Lipinski definition) is 3. The first-order valence-electron chi connectivity index (χ1n) is 6.00. The number of halogens is 7. The van der Waals surface area contributed by atoms with Crippen molar-refractivity contribution in [3.05, 3.63) is 28.0 Å². The van der Waals surface area contributed by atoms with Crippen molar-refractivity contribution >= 4 is 40.7 Å². The molecular weight excluding hydrogens is 415 g/mol. The molecular formula is C12H15BrCl2F4N2O. The highest BCUT2D eigenvalue weighted by atomic mass is 79.9. The summed E-state index contributed by atoms with van der Waals surface area (Å²) in [5, 5.41) is 12.7. The number of piperazine rings is 1. The van der Waals surface area contributed by atoms with Crippen LogP contribution in [-0.4, -0.2) is 42.4 Å². The van der Waals surface area contributed by atoms with Gasteiger partial charge in [-0.2, -0.15) is 13.2 Å². The molecule has 0 aromatic heterocycles. The molecule has 1 atom stereocenters. The first-order chi connectivity index (χ1) is 9.32. The lowest BCUT2D eigenvalue weighted by molar-refractivity contribution is -0.188. The SMILES string of the molecule is Cl.Cl.Oc1c([C@H](N2CCNCC2)C(F)(F)F)ccc(Br)c1F. The van der Waals surface area contributed by atoms with Gasteiger partial charge in [0.25, 0.3) is 0 Å². The molecule has 10 heteroatoms. The van der Waals surface area contributed by atoms with Gasteiger partial charge in [-0.1, -0.05) is 6.07 Å². The lowest BCUT2D eigenvalue weighted by atomic mass is 10.0. The highest BCUT2D eigenvalue weighted by Crippen LogP contribution is 2.43. The van der Waals surface area contributed by atoms with E-state index in [0.717, 1.165) is 6.07 Å². The molecule has 128 valence electrons. The molecule has 22 heavy (non-hydrogen) atoms. The molecule has 1 aliphatic heterocycles. The Morgan fingerprint density at radius 1 is 1.18 bits per heavy atom. The van der Waals surface area contributed by atoms with Crippen LogP contribution in [-0.2, 0) is 0 Å². The molecule has 0 spiro atoms. The van der Waals surface area contributed by atoms with Crippen LogP contribution in [0.4, 0.5) is 17.6 Å². The molecule has 0 radical (unpaired) electrons. The predicted molar refractivity (Wildman–Crippen MR) is 83.5 cm³/mol. The van der Waals surface area contributed by atoms with Crippen LogP contribution in [0.15, 0.2) is 16.6 Å². The fraction of sp³-hybridized carbons (Fsp3) is 0.500. The minimum atomic E-state index is -4.59. The van der Waals surface area contributed by atoms with Crippen LogP contribution in [0.5, 0.6) is 5.75 Å². The summed E-state index contributed by atoms with van der Waals surface area (Å²) in [5.41, 5.74) is -0.458. The van der Waals surface area contributed by atoms with E-state index in [9.17, 15) is 22.7 Å². The van der Waals surface area contributed by atoms with Crippen LogP contribution >= 0.6 is 40.7 Å². The number of nitrogens with one attached hydrogen (secondary N) is 1. The summed E-state index contributed by atoms with van der Waals surface area (Å²) < 4.78 is 53.4. The normalized spacial score (nSPS) is 17.3. The minimum absolute atomic E-state index is 0. The first kappa shape index (κ1) is 21.7.